The predicted molar refractivity (Wildman–Crippen MR) is 193 cm³/mol. The van der Waals surface area contributed by atoms with Gasteiger partial charge in [0, 0.05) is 13.0 Å². The first-order valence-electron chi connectivity index (χ1n) is 17.5. The Morgan fingerprint density at radius 3 is 1.87 bits per heavy atom. The molecule has 52 heavy (non-hydrogen) atoms. The van der Waals surface area contributed by atoms with Crippen LogP contribution in [0.3, 0.4) is 0 Å². The Hall–Kier alpha value is -4.43. The lowest BCUT2D eigenvalue weighted by atomic mass is 9.91. The highest BCUT2D eigenvalue weighted by molar-refractivity contribution is 6.08. The SMILES string of the molecule is CC(C)CC(C(O)C(F)(F)CNC(=O)[C@@H](N)C(C)C)N(C(=O)C(C)C(=O)NCc1ccccc1)C(=O)[C@H](Cc1ccccc1)NC(=O)OC(C)(C)C. The van der Waals surface area contributed by atoms with Crippen molar-refractivity contribution in [3.8, 4) is 0 Å². The highest BCUT2D eigenvalue weighted by Crippen LogP contribution is 2.29. The van der Waals surface area contributed by atoms with Crippen LogP contribution in [-0.2, 0) is 36.9 Å². The van der Waals surface area contributed by atoms with E-state index in [1.165, 1.54) is 6.92 Å². The summed E-state index contributed by atoms with van der Waals surface area (Å²) in [5.74, 6) is -10.5. The van der Waals surface area contributed by atoms with Gasteiger partial charge in [-0.05, 0) is 57.1 Å². The molecule has 14 heteroatoms. The number of nitrogens with one attached hydrogen (secondary N) is 3. The van der Waals surface area contributed by atoms with Gasteiger partial charge in [-0.3, -0.25) is 24.1 Å². The first-order valence-corrected chi connectivity index (χ1v) is 17.5. The smallest absolute Gasteiger partial charge is 0.408 e. The number of aliphatic hydroxyl groups is 1. The molecular weight excluding hydrogens is 676 g/mol. The van der Waals surface area contributed by atoms with Gasteiger partial charge in [0.05, 0.1) is 18.6 Å². The highest BCUT2D eigenvalue weighted by Gasteiger charge is 2.50. The summed E-state index contributed by atoms with van der Waals surface area (Å²) in [7, 11) is 0. The van der Waals surface area contributed by atoms with Gasteiger partial charge in [0.1, 0.15) is 23.7 Å². The summed E-state index contributed by atoms with van der Waals surface area (Å²) >= 11 is 0. The maximum Gasteiger partial charge on any atom is 0.408 e. The summed E-state index contributed by atoms with van der Waals surface area (Å²) in [4.78, 5) is 68.3. The Balaban J connectivity index is 2.64. The number of imide groups is 1. The van der Waals surface area contributed by atoms with Crippen LogP contribution >= 0.6 is 0 Å². The fraction of sp³-hybridized carbons (Fsp3) is 0.553. The summed E-state index contributed by atoms with van der Waals surface area (Å²) in [6.07, 6.45) is -4.24. The molecule has 2 aromatic carbocycles. The van der Waals surface area contributed by atoms with E-state index in [1.54, 1.807) is 109 Å². The van der Waals surface area contributed by atoms with Crippen molar-refractivity contribution in [3.05, 3.63) is 71.8 Å². The molecule has 0 aliphatic heterocycles. The van der Waals surface area contributed by atoms with Crippen LogP contribution in [0.1, 0.15) is 72.9 Å². The van der Waals surface area contributed by atoms with Crippen LogP contribution in [0.25, 0.3) is 0 Å². The minimum atomic E-state index is -4.09. The van der Waals surface area contributed by atoms with Crippen molar-refractivity contribution in [2.45, 2.75) is 111 Å². The molecule has 288 valence electrons. The van der Waals surface area contributed by atoms with Crippen LogP contribution in [0.4, 0.5) is 13.6 Å². The van der Waals surface area contributed by atoms with E-state index in [4.69, 9.17) is 10.5 Å². The van der Waals surface area contributed by atoms with Crippen molar-refractivity contribution in [1.29, 1.82) is 0 Å². The van der Waals surface area contributed by atoms with Crippen LogP contribution in [0.5, 0.6) is 0 Å². The van der Waals surface area contributed by atoms with Gasteiger partial charge < -0.3 is 31.5 Å². The number of nitrogens with zero attached hydrogens (tertiary/aromatic N) is 1. The van der Waals surface area contributed by atoms with Gasteiger partial charge in [0.15, 0.2) is 0 Å². The van der Waals surface area contributed by atoms with Gasteiger partial charge in [0.25, 0.3) is 11.8 Å². The zero-order valence-corrected chi connectivity index (χ0v) is 31.3. The molecule has 5 atom stereocenters. The third kappa shape index (κ3) is 13.6. The van der Waals surface area contributed by atoms with Crippen molar-refractivity contribution in [2.75, 3.05) is 6.54 Å². The number of alkyl carbamates (subject to hydrolysis) is 1. The topological polar surface area (TPSA) is 180 Å². The van der Waals surface area contributed by atoms with E-state index < -0.39 is 83.9 Å². The van der Waals surface area contributed by atoms with Crippen molar-refractivity contribution >= 4 is 29.7 Å². The lowest BCUT2D eigenvalue weighted by molar-refractivity contribution is -0.170. The highest BCUT2D eigenvalue weighted by atomic mass is 19.3. The minimum Gasteiger partial charge on any atom is -0.444 e. The largest absolute Gasteiger partial charge is 0.444 e. The van der Waals surface area contributed by atoms with Crippen LogP contribution in [0, 0.1) is 17.8 Å². The van der Waals surface area contributed by atoms with E-state index >= 15 is 8.78 Å². The third-order valence-electron chi connectivity index (χ3n) is 8.18. The number of hydrogen-bond acceptors (Lipinski definition) is 8. The average molecular weight is 732 g/mol. The molecule has 6 N–H and O–H groups in total. The van der Waals surface area contributed by atoms with Gasteiger partial charge in [-0.25, -0.2) is 13.6 Å². The molecule has 5 amide bonds. The minimum absolute atomic E-state index is 0.0381. The van der Waals surface area contributed by atoms with Crippen molar-refractivity contribution in [1.82, 2.24) is 20.9 Å². The second-order valence-electron chi connectivity index (χ2n) is 14.8. The van der Waals surface area contributed by atoms with Gasteiger partial charge >= 0.3 is 6.09 Å². The molecule has 0 radical (unpaired) electrons. The summed E-state index contributed by atoms with van der Waals surface area (Å²) in [6.45, 7) is 11.3. The number of ether oxygens (including phenoxy) is 1. The Kier molecular flexibility index (Phi) is 16.3. The molecule has 2 rings (SSSR count). The predicted octanol–water partition coefficient (Wildman–Crippen LogP) is 3.94. The zero-order chi connectivity index (χ0) is 39.4. The quantitative estimate of drug-likeness (QED) is 0.152. The standard InChI is InChI=1S/C38H55F2N5O7/c1-23(2)19-29(31(46)38(39,40)22-43-33(48)30(41)24(3)4)45(34(49)25(5)32(47)42-21-27-17-13-10-14-18-27)35(50)28(20-26-15-11-9-12-16-26)44-36(51)52-37(6,7)8/h9-18,23-25,28-31,46H,19-22,41H2,1-8H3,(H,42,47)(H,43,48)(H,44,51)/t25?,28-,29?,30-,31?/m0/s1. The number of hydrogen-bond donors (Lipinski definition) is 5. The molecule has 0 saturated heterocycles. The summed E-state index contributed by atoms with van der Waals surface area (Å²) in [5.41, 5.74) is 6.11. The summed E-state index contributed by atoms with van der Waals surface area (Å²) < 4.78 is 37.2. The number of amides is 5. The van der Waals surface area contributed by atoms with Crippen LogP contribution in [0.15, 0.2) is 60.7 Å². The van der Waals surface area contributed by atoms with Gasteiger partial charge in [0.2, 0.25) is 17.7 Å². The molecule has 0 heterocycles. The Morgan fingerprint density at radius 1 is 0.827 bits per heavy atom. The molecule has 0 saturated carbocycles. The normalized spacial score (nSPS) is 14.8. The van der Waals surface area contributed by atoms with Gasteiger partial charge in [-0.1, -0.05) is 88.4 Å². The fourth-order valence-corrected chi connectivity index (χ4v) is 5.23. The van der Waals surface area contributed by atoms with E-state index in [9.17, 15) is 29.1 Å². The maximum atomic E-state index is 15.9. The zero-order valence-electron chi connectivity index (χ0n) is 31.3. The third-order valence-corrected chi connectivity index (χ3v) is 8.18. The van der Waals surface area contributed by atoms with Crippen molar-refractivity contribution < 1.29 is 42.6 Å². The number of aliphatic hydroxyl groups excluding tert-OH is 1. The molecule has 0 aromatic heterocycles. The Labute approximate surface area is 305 Å². The number of halogens is 2. The summed E-state index contributed by atoms with van der Waals surface area (Å²) in [5, 5.41) is 18.6. The Morgan fingerprint density at radius 2 is 1.37 bits per heavy atom. The molecule has 0 spiro atoms. The lowest BCUT2D eigenvalue weighted by Gasteiger charge is -2.40. The molecule has 3 unspecified atom stereocenters. The second kappa shape index (κ2) is 19.4. The monoisotopic (exact) mass is 731 g/mol. The van der Waals surface area contributed by atoms with E-state index in [1.807, 2.05) is 0 Å². The number of alkyl halides is 2. The average Bonchev–Trinajstić information content (AvgIpc) is 3.07. The van der Waals surface area contributed by atoms with Crippen molar-refractivity contribution in [2.24, 2.45) is 23.5 Å². The molecule has 0 aliphatic carbocycles. The molecule has 12 nitrogen and oxygen atoms in total. The first kappa shape index (κ1) is 43.7. The number of carbonyl (C=O) groups excluding carboxylic acids is 5. The molecule has 0 bridgehead atoms. The summed E-state index contributed by atoms with van der Waals surface area (Å²) in [6, 6.07) is 12.7. The van der Waals surface area contributed by atoms with Crippen LogP contribution < -0.4 is 21.7 Å². The molecule has 0 fully saturated rings. The van der Waals surface area contributed by atoms with Gasteiger partial charge in [-0.2, -0.15) is 0 Å². The maximum absolute atomic E-state index is 15.9. The number of nitrogens with two attached hydrogens (primary N) is 1. The Bertz CT molecular complexity index is 1490. The second-order valence-corrected chi connectivity index (χ2v) is 14.8. The van der Waals surface area contributed by atoms with Crippen LogP contribution in [-0.4, -0.2) is 82.0 Å². The number of carbonyl (C=O) groups is 5. The van der Waals surface area contributed by atoms with Crippen molar-refractivity contribution in [3.63, 3.8) is 0 Å². The molecular formula is C38H55F2N5O7. The van der Waals surface area contributed by atoms with Crippen LogP contribution in [0.2, 0.25) is 0 Å². The van der Waals surface area contributed by atoms with Gasteiger partial charge in [-0.15, -0.1) is 0 Å². The van der Waals surface area contributed by atoms with E-state index in [0.29, 0.717) is 10.5 Å². The molecule has 0 aliphatic rings. The molecule has 2 aromatic rings. The number of benzene rings is 2. The van der Waals surface area contributed by atoms with E-state index in [-0.39, 0.29) is 25.3 Å². The first-order chi connectivity index (χ1) is 24.1. The van der Waals surface area contributed by atoms with E-state index in [0.717, 1.165) is 5.56 Å². The fourth-order valence-electron chi connectivity index (χ4n) is 5.23. The number of rotatable bonds is 17. The lowest BCUT2D eigenvalue weighted by Crippen LogP contribution is -2.63. The van der Waals surface area contributed by atoms with E-state index in [2.05, 4.69) is 16.0 Å².